The number of rotatable bonds is 13. The summed E-state index contributed by atoms with van der Waals surface area (Å²) >= 11 is 0. The van der Waals surface area contributed by atoms with Crippen LogP contribution in [-0.2, 0) is 4.74 Å². The number of hydrogen-bond donors (Lipinski definition) is 2. The highest BCUT2D eigenvalue weighted by molar-refractivity contribution is 5.60. The molecule has 0 aliphatic heterocycles. The first kappa shape index (κ1) is 25.2. The van der Waals surface area contributed by atoms with E-state index in [0.717, 1.165) is 22.7 Å². The lowest BCUT2D eigenvalue weighted by Crippen LogP contribution is -2.26. The number of aliphatic hydroxyl groups is 1. The Balaban J connectivity index is 1.42. The summed E-state index contributed by atoms with van der Waals surface area (Å²) in [6.45, 7) is 6.06. The van der Waals surface area contributed by atoms with Crippen molar-refractivity contribution in [3.63, 3.8) is 0 Å². The van der Waals surface area contributed by atoms with Crippen LogP contribution >= 0.6 is 0 Å². The van der Waals surface area contributed by atoms with Crippen LogP contribution in [0.25, 0.3) is 17.1 Å². The zero-order valence-corrected chi connectivity index (χ0v) is 20.6. The van der Waals surface area contributed by atoms with E-state index in [0.29, 0.717) is 38.2 Å². The molecule has 2 N–H and O–H groups in total. The van der Waals surface area contributed by atoms with Gasteiger partial charge in [-0.3, -0.25) is 0 Å². The number of anilines is 1. The van der Waals surface area contributed by atoms with Gasteiger partial charge in [-0.15, -0.1) is 5.10 Å². The van der Waals surface area contributed by atoms with Crippen molar-refractivity contribution in [1.29, 1.82) is 0 Å². The average molecular weight is 489 g/mol. The van der Waals surface area contributed by atoms with Gasteiger partial charge in [-0.2, -0.15) is 4.98 Å². The highest BCUT2D eigenvalue weighted by Crippen LogP contribution is 2.25. The molecule has 8 heteroatoms. The third kappa shape index (κ3) is 7.07. The fourth-order valence-electron chi connectivity index (χ4n) is 3.48. The van der Waals surface area contributed by atoms with E-state index in [-0.39, 0.29) is 6.61 Å². The molecule has 0 unspecified atom stereocenters. The molecule has 188 valence electrons. The second kappa shape index (κ2) is 12.7. The van der Waals surface area contributed by atoms with Gasteiger partial charge < -0.3 is 24.6 Å². The van der Waals surface area contributed by atoms with Crippen molar-refractivity contribution < 1.29 is 19.3 Å². The zero-order chi connectivity index (χ0) is 25.2. The molecule has 0 amide bonds. The van der Waals surface area contributed by atoms with E-state index in [1.54, 1.807) is 4.68 Å². The van der Waals surface area contributed by atoms with Gasteiger partial charge in [-0.05, 0) is 50.2 Å². The third-order valence-corrected chi connectivity index (χ3v) is 5.40. The van der Waals surface area contributed by atoms with Crippen molar-refractivity contribution in [2.24, 2.45) is 0 Å². The number of aryl methyl sites for hydroxylation is 1. The molecular weight excluding hydrogens is 456 g/mol. The van der Waals surface area contributed by atoms with Gasteiger partial charge in [0, 0.05) is 24.4 Å². The minimum absolute atomic E-state index is 0.208. The summed E-state index contributed by atoms with van der Waals surface area (Å²) in [7, 11) is 0. The van der Waals surface area contributed by atoms with E-state index >= 15 is 0 Å². The Bertz CT molecular complexity index is 1190. The molecule has 36 heavy (non-hydrogen) atoms. The van der Waals surface area contributed by atoms with E-state index in [9.17, 15) is 5.11 Å². The third-order valence-electron chi connectivity index (χ3n) is 5.40. The van der Waals surface area contributed by atoms with Crippen molar-refractivity contribution in [3.8, 4) is 28.8 Å². The van der Waals surface area contributed by atoms with Crippen molar-refractivity contribution in [1.82, 2.24) is 14.8 Å². The first-order chi connectivity index (χ1) is 17.6. The smallest absolute Gasteiger partial charge is 0.336 e. The Morgan fingerprint density at radius 2 is 1.67 bits per heavy atom. The maximum absolute atomic E-state index is 10.3. The summed E-state index contributed by atoms with van der Waals surface area (Å²) in [5, 5.41) is 18.1. The molecule has 0 aliphatic rings. The van der Waals surface area contributed by atoms with E-state index in [1.165, 1.54) is 5.56 Å². The Morgan fingerprint density at radius 1 is 0.917 bits per heavy atom. The molecule has 4 rings (SSSR count). The summed E-state index contributed by atoms with van der Waals surface area (Å²) in [6.07, 6.45) is -0.648. The van der Waals surface area contributed by atoms with Gasteiger partial charge in [0.25, 0.3) is 0 Å². The van der Waals surface area contributed by atoms with Gasteiger partial charge in [0.05, 0.1) is 12.3 Å². The number of nitrogens with one attached hydrogen (secondary N) is 1. The van der Waals surface area contributed by atoms with Gasteiger partial charge in [-0.25, -0.2) is 4.68 Å². The maximum Gasteiger partial charge on any atom is 0.336 e. The summed E-state index contributed by atoms with van der Waals surface area (Å²) in [5.74, 6) is 1.43. The molecule has 0 bridgehead atoms. The largest absolute Gasteiger partial charge is 0.491 e. The lowest BCUT2D eigenvalue weighted by Gasteiger charge is -2.14. The number of hydrogen-bond acceptors (Lipinski definition) is 7. The molecular formula is C28H32N4O4. The topological polar surface area (TPSA) is 90.7 Å². The van der Waals surface area contributed by atoms with Crippen LogP contribution in [0.1, 0.15) is 12.5 Å². The minimum Gasteiger partial charge on any atom is -0.491 e. The number of nitrogens with zero attached hydrogens (tertiary/aromatic N) is 3. The van der Waals surface area contributed by atoms with Crippen LogP contribution in [0, 0.1) is 6.92 Å². The molecule has 1 atom stereocenters. The van der Waals surface area contributed by atoms with Crippen LogP contribution in [-0.4, -0.2) is 58.9 Å². The SMILES string of the molecule is CCOCCOc1nc(-c2ccc(C)cc2)n(-c2ccc(NC[C@H](O)COc3ccccc3)cc2)n1. The standard InChI is InChI=1S/C28H32N4O4/c1-3-34-17-18-35-28-30-27(22-11-9-21(2)10-12-22)32(31-28)24-15-13-23(14-16-24)29-19-25(33)20-36-26-7-5-4-6-8-26/h4-16,25,29,33H,3,17-20H2,1-2H3/t25-/m0/s1. The van der Waals surface area contributed by atoms with Crippen LogP contribution in [0.5, 0.6) is 11.8 Å². The molecule has 3 aromatic carbocycles. The van der Waals surface area contributed by atoms with Gasteiger partial charge in [0.15, 0.2) is 5.82 Å². The molecule has 0 fully saturated rings. The highest BCUT2D eigenvalue weighted by Gasteiger charge is 2.15. The zero-order valence-electron chi connectivity index (χ0n) is 20.6. The molecule has 0 radical (unpaired) electrons. The Morgan fingerprint density at radius 3 is 2.39 bits per heavy atom. The fourth-order valence-corrected chi connectivity index (χ4v) is 3.48. The monoisotopic (exact) mass is 488 g/mol. The van der Waals surface area contributed by atoms with Gasteiger partial charge in [0.2, 0.25) is 0 Å². The predicted octanol–water partition coefficient (Wildman–Crippen LogP) is 4.51. The normalized spacial score (nSPS) is 11.8. The highest BCUT2D eigenvalue weighted by atomic mass is 16.5. The first-order valence-corrected chi connectivity index (χ1v) is 12.1. The fraction of sp³-hybridized carbons (Fsp3) is 0.286. The molecule has 4 aromatic rings. The van der Waals surface area contributed by atoms with Crippen molar-refractivity contribution in [3.05, 3.63) is 84.4 Å². The Kier molecular flexibility index (Phi) is 8.91. The first-order valence-electron chi connectivity index (χ1n) is 12.1. The molecule has 1 aromatic heterocycles. The summed E-state index contributed by atoms with van der Waals surface area (Å²) in [5.41, 5.74) is 3.83. The number of para-hydroxylation sites is 1. The number of benzene rings is 3. The van der Waals surface area contributed by atoms with Crippen molar-refractivity contribution in [2.75, 3.05) is 38.3 Å². The second-order valence-corrected chi connectivity index (χ2v) is 8.25. The van der Waals surface area contributed by atoms with Crippen molar-refractivity contribution in [2.45, 2.75) is 20.0 Å². The minimum atomic E-state index is -0.648. The number of ether oxygens (including phenoxy) is 3. The summed E-state index contributed by atoms with van der Waals surface area (Å²) < 4.78 is 18.4. The van der Waals surface area contributed by atoms with E-state index in [2.05, 4.69) is 15.4 Å². The lowest BCUT2D eigenvalue weighted by molar-refractivity contribution is 0.106. The van der Waals surface area contributed by atoms with Crippen LogP contribution < -0.4 is 14.8 Å². The Hall–Kier alpha value is -3.88. The van der Waals surface area contributed by atoms with Crippen molar-refractivity contribution >= 4 is 5.69 Å². The predicted molar refractivity (Wildman–Crippen MR) is 140 cm³/mol. The van der Waals surface area contributed by atoms with E-state index < -0.39 is 6.10 Å². The van der Waals surface area contributed by atoms with E-state index in [1.807, 2.05) is 92.7 Å². The summed E-state index contributed by atoms with van der Waals surface area (Å²) in [4.78, 5) is 4.62. The van der Waals surface area contributed by atoms with Gasteiger partial charge >= 0.3 is 6.01 Å². The second-order valence-electron chi connectivity index (χ2n) is 8.25. The molecule has 0 saturated carbocycles. The Labute approximate surface area is 211 Å². The summed E-state index contributed by atoms with van der Waals surface area (Å²) in [6, 6.07) is 25.7. The van der Waals surface area contributed by atoms with Crippen LogP contribution in [0.2, 0.25) is 0 Å². The maximum atomic E-state index is 10.3. The van der Waals surface area contributed by atoms with Gasteiger partial charge in [0.1, 0.15) is 25.1 Å². The molecule has 0 saturated heterocycles. The van der Waals surface area contributed by atoms with Crippen LogP contribution in [0.4, 0.5) is 5.69 Å². The number of aliphatic hydroxyl groups excluding tert-OH is 1. The van der Waals surface area contributed by atoms with E-state index in [4.69, 9.17) is 14.2 Å². The number of aromatic nitrogens is 3. The van der Waals surface area contributed by atoms with Crippen LogP contribution in [0.3, 0.4) is 0 Å². The van der Waals surface area contributed by atoms with Crippen LogP contribution in [0.15, 0.2) is 78.9 Å². The molecule has 0 aliphatic carbocycles. The quantitative estimate of drug-likeness (QED) is 0.268. The molecule has 8 nitrogen and oxygen atoms in total. The lowest BCUT2D eigenvalue weighted by atomic mass is 10.1. The molecule has 0 spiro atoms. The average Bonchev–Trinajstić information content (AvgIpc) is 3.34. The molecule has 1 heterocycles. The van der Waals surface area contributed by atoms with Gasteiger partial charge in [-0.1, -0.05) is 48.0 Å².